The average molecular weight is 448 g/mol. The van der Waals surface area contributed by atoms with Crippen LogP contribution in [0.3, 0.4) is 0 Å². The average Bonchev–Trinajstić information content (AvgIpc) is 3.50. The molecule has 2 N–H and O–H groups in total. The summed E-state index contributed by atoms with van der Waals surface area (Å²) in [7, 11) is 1.42. The Morgan fingerprint density at radius 3 is 2.55 bits per heavy atom. The minimum absolute atomic E-state index is 0.000449. The number of aryl methyl sites for hydroxylation is 1. The minimum atomic E-state index is -0.536. The molecule has 33 heavy (non-hydrogen) atoms. The van der Waals surface area contributed by atoms with Crippen molar-refractivity contribution in [1.82, 2.24) is 0 Å². The summed E-state index contributed by atoms with van der Waals surface area (Å²) in [5, 5.41) is 23.5. The molecule has 0 bridgehead atoms. The van der Waals surface area contributed by atoms with E-state index in [1.54, 1.807) is 24.3 Å². The smallest absolute Gasteiger partial charge is 0.291 e. The van der Waals surface area contributed by atoms with Gasteiger partial charge in [0.1, 0.15) is 29.6 Å². The first kappa shape index (κ1) is 21.8. The quantitative estimate of drug-likeness (QED) is 0.295. The van der Waals surface area contributed by atoms with Crippen molar-refractivity contribution in [2.75, 3.05) is 12.4 Å². The van der Waals surface area contributed by atoms with Gasteiger partial charge in [0.05, 0.1) is 23.7 Å². The molecule has 0 atom stereocenters. The van der Waals surface area contributed by atoms with Gasteiger partial charge >= 0.3 is 0 Å². The van der Waals surface area contributed by atoms with E-state index in [1.807, 2.05) is 19.1 Å². The van der Waals surface area contributed by atoms with Crippen LogP contribution in [0.15, 0.2) is 69.5 Å². The number of amides is 1. The highest BCUT2D eigenvalue weighted by molar-refractivity contribution is 6.03. The van der Waals surface area contributed by atoms with Crippen LogP contribution in [0.2, 0.25) is 0 Å². The van der Waals surface area contributed by atoms with E-state index in [-0.39, 0.29) is 29.4 Å². The summed E-state index contributed by atoms with van der Waals surface area (Å²) >= 11 is 0. The third-order valence-electron chi connectivity index (χ3n) is 5.08. The number of rotatable bonds is 7. The maximum absolute atomic E-state index is 12.8. The van der Waals surface area contributed by atoms with Crippen LogP contribution in [0.4, 0.5) is 11.4 Å². The largest absolute Gasteiger partial charge is 0.497 e. The van der Waals surface area contributed by atoms with E-state index >= 15 is 0 Å². The predicted octanol–water partition coefficient (Wildman–Crippen LogP) is 5.18. The molecule has 0 radical (unpaired) electrons. The van der Waals surface area contributed by atoms with Crippen molar-refractivity contribution < 1.29 is 28.4 Å². The molecule has 0 aliphatic carbocycles. The zero-order chi connectivity index (χ0) is 23.5. The molecule has 2 heterocycles. The van der Waals surface area contributed by atoms with Gasteiger partial charge in [0, 0.05) is 11.3 Å². The van der Waals surface area contributed by atoms with E-state index in [0.29, 0.717) is 23.0 Å². The monoisotopic (exact) mass is 448 g/mol. The van der Waals surface area contributed by atoms with Gasteiger partial charge < -0.3 is 24.0 Å². The second-order valence-electron chi connectivity index (χ2n) is 7.21. The van der Waals surface area contributed by atoms with Gasteiger partial charge in [-0.15, -0.1) is 0 Å². The molecule has 0 fully saturated rings. The molecular weight excluding hydrogens is 428 g/mol. The van der Waals surface area contributed by atoms with Crippen molar-refractivity contribution in [3.63, 3.8) is 0 Å². The number of ether oxygens (including phenoxy) is 1. The second-order valence-corrected chi connectivity index (χ2v) is 7.21. The standard InChI is InChI=1S/C24H20N2O7/c1-14-3-4-15(21-8-6-17(13-27)32-21)11-19(14)25-24(28)23-10-9-22(33-23)18-7-5-16(31-2)12-20(18)26(29)30/h3-12,27H,13H2,1-2H3,(H,25,28). The van der Waals surface area contributed by atoms with Gasteiger partial charge in [0.15, 0.2) is 5.76 Å². The molecule has 0 unspecified atom stereocenters. The minimum Gasteiger partial charge on any atom is -0.497 e. The lowest BCUT2D eigenvalue weighted by molar-refractivity contribution is -0.384. The van der Waals surface area contributed by atoms with Crippen LogP contribution in [0.25, 0.3) is 22.6 Å². The van der Waals surface area contributed by atoms with Crippen LogP contribution in [-0.4, -0.2) is 23.0 Å². The number of furan rings is 2. The van der Waals surface area contributed by atoms with Crippen LogP contribution in [-0.2, 0) is 6.61 Å². The first-order valence-electron chi connectivity index (χ1n) is 9.94. The maximum Gasteiger partial charge on any atom is 0.291 e. The summed E-state index contributed by atoms with van der Waals surface area (Å²) in [6.07, 6.45) is 0. The molecule has 2 aromatic carbocycles. The fraction of sp³-hybridized carbons (Fsp3) is 0.125. The number of carbonyl (C=O) groups excluding carboxylic acids is 1. The fourth-order valence-corrected chi connectivity index (χ4v) is 3.31. The lowest BCUT2D eigenvalue weighted by Crippen LogP contribution is -2.11. The number of nitro groups is 1. The number of nitrogens with one attached hydrogen (secondary N) is 1. The summed E-state index contributed by atoms with van der Waals surface area (Å²) in [4.78, 5) is 23.7. The molecule has 9 nitrogen and oxygen atoms in total. The Morgan fingerprint density at radius 2 is 1.85 bits per heavy atom. The number of aliphatic hydroxyl groups excluding tert-OH is 1. The molecule has 0 saturated carbocycles. The Hall–Kier alpha value is -4.37. The first-order valence-corrected chi connectivity index (χ1v) is 9.94. The van der Waals surface area contributed by atoms with Crippen molar-refractivity contribution in [1.29, 1.82) is 0 Å². The Labute approximate surface area is 188 Å². The number of benzene rings is 2. The van der Waals surface area contributed by atoms with Crippen LogP contribution in [0, 0.1) is 17.0 Å². The second kappa shape index (κ2) is 9.01. The van der Waals surface area contributed by atoms with Crippen LogP contribution in [0.1, 0.15) is 21.9 Å². The highest BCUT2D eigenvalue weighted by Gasteiger charge is 2.21. The van der Waals surface area contributed by atoms with Gasteiger partial charge in [0.25, 0.3) is 11.6 Å². The summed E-state index contributed by atoms with van der Waals surface area (Å²) in [5.41, 5.74) is 2.13. The highest BCUT2D eigenvalue weighted by Crippen LogP contribution is 2.34. The molecule has 9 heteroatoms. The molecule has 1 amide bonds. The summed E-state index contributed by atoms with van der Waals surface area (Å²) in [5.74, 6) is 1.02. The first-order chi connectivity index (χ1) is 15.9. The number of anilines is 1. The lowest BCUT2D eigenvalue weighted by atomic mass is 10.1. The van der Waals surface area contributed by atoms with E-state index in [4.69, 9.17) is 13.6 Å². The van der Waals surface area contributed by atoms with Crippen LogP contribution in [0.5, 0.6) is 5.75 Å². The van der Waals surface area contributed by atoms with E-state index in [9.17, 15) is 20.0 Å². The summed E-state index contributed by atoms with van der Waals surface area (Å²) in [6.45, 7) is 1.64. The Kier molecular flexibility index (Phi) is 5.97. The topological polar surface area (TPSA) is 128 Å². The van der Waals surface area contributed by atoms with Crippen molar-refractivity contribution in [2.24, 2.45) is 0 Å². The van der Waals surface area contributed by atoms with Crippen LogP contribution < -0.4 is 10.1 Å². The Bertz CT molecular complexity index is 1340. The van der Waals surface area contributed by atoms with E-state index < -0.39 is 10.8 Å². The molecule has 2 aromatic heterocycles. The lowest BCUT2D eigenvalue weighted by Gasteiger charge is -2.09. The third-order valence-corrected chi connectivity index (χ3v) is 5.08. The van der Waals surface area contributed by atoms with Crippen LogP contribution >= 0.6 is 0 Å². The van der Waals surface area contributed by atoms with E-state index in [1.165, 1.54) is 31.4 Å². The predicted molar refractivity (Wildman–Crippen MR) is 120 cm³/mol. The summed E-state index contributed by atoms with van der Waals surface area (Å²) < 4.78 is 16.2. The number of hydrogen-bond donors (Lipinski definition) is 2. The molecule has 4 aromatic rings. The van der Waals surface area contributed by atoms with Gasteiger partial charge in [0.2, 0.25) is 0 Å². The Balaban J connectivity index is 1.59. The number of methoxy groups -OCH3 is 1. The van der Waals surface area contributed by atoms with Gasteiger partial charge in [-0.25, -0.2) is 0 Å². The Morgan fingerprint density at radius 1 is 1.06 bits per heavy atom. The molecular formula is C24H20N2O7. The normalized spacial score (nSPS) is 10.8. The molecule has 0 aliphatic rings. The zero-order valence-electron chi connectivity index (χ0n) is 17.8. The fourth-order valence-electron chi connectivity index (χ4n) is 3.31. The van der Waals surface area contributed by atoms with E-state index in [0.717, 1.165) is 11.1 Å². The van der Waals surface area contributed by atoms with Gasteiger partial charge in [-0.3, -0.25) is 14.9 Å². The number of nitrogens with zero attached hydrogens (tertiary/aromatic N) is 1. The number of nitro benzene ring substituents is 1. The molecule has 0 spiro atoms. The highest BCUT2D eigenvalue weighted by atomic mass is 16.6. The van der Waals surface area contributed by atoms with Gasteiger partial charge in [-0.05, 0) is 55.0 Å². The number of carbonyl (C=O) groups is 1. The number of hydrogen-bond acceptors (Lipinski definition) is 7. The number of aliphatic hydroxyl groups is 1. The molecule has 4 rings (SSSR count). The molecule has 0 aliphatic heterocycles. The van der Waals surface area contributed by atoms with Crippen molar-refractivity contribution in [3.8, 4) is 28.4 Å². The zero-order valence-corrected chi connectivity index (χ0v) is 17.8. The third kappa shape index (κ3) is 4.48. The van der Waals surface area contributed by atoms with Crippen molar-refractivity contribution >= 4 is 17.3 Å². The molecule has 0 saturated heterocycles. The van der Waals surface area contributed by atoms with E-state index in [2.05, 4.69) is 5.32 Å². The van der Waals surface area contributed by atoms with Gasteiger partial charge in [-0.2, -0.15) is 0 Å². The maximum atomic E-state index is 12.8. The van der Waals surface area contributed by atoms with Crippen molar-refractivity contribution in [2.45, 2.75) is 13.5 Å². The van der Waals surface area contributed by atoms with Crippen molar-refractivity contribution in [3.05, 3.63) is 87.9 Å². The molecule has 168 valence electrons. The van der Waals surface area contributed by atoms with Gasteiger partial charge in [-0.1, -0.05) is 12.1 Å². The SMILES string of the molecule is COc1ccc(-c2ccc(C(=O)Nc3cc(-c4ccc(CO)o4)ccc3C)o2)c([N+](=O)[O-])c1. The summed E-state index contributed by atoms with van der Waals surface area (Å²) in [6, 6.07) is 16.2.